The van der Waals surface area contributed by atoms with E-state index < -0.39 is 5.60 Å². The van der Waals surface area contributed by atoms with Gasteiger partial charge in [-0.2, -0.15) is 0 Å². The predicted octanol–water partition coefficient (Wildman–Crippen LogP) is 2.32. The van der Waals surface area contributed by atoms with Crippen LogP contribution in [0.3, 0.4) is 0 Å². The fourth-order valence-corrected chi connectivity index (χ4v) is 3.02. The lowest BCUT2D eigenvalue weighted by Gasteiger charge is -2.28. The van der Waals surface area contributed by atoms with Crippen molar-refractivity contribution in [1.29, 1.82) is 0 Å². The molecule has 1 aromatic rings. The fourth-order valence-electron chi connectivity index (χ4n) is 3.02. The van der Waals surface area contributed by atoms with Crippen LogP contribution in [-0.4, -0.2) is 35.3 Å². The largest absolute Gasteiger partial charge is 0.501 e. The average molecular weight is 259 g/mol. The lowest BCUT2D eigenvalue weighted by Crippen LogP contribution is -2.36. The van der Waals surface area contributed by atoms with Crippen molar-refractivity contribution < 1.29 is 9.84 Å². The molecule has 1 atom stereocenters. The van der Waals surface area contributed by atoms with Gasteiger partial charge in [-0.15, -0.1) is 0 Å². The lowest BCUT2D eigenvalue weighted by molar-refractivity contribution is 0.0690. The second kappa shape index (κ2) is 5.35. The maximum Gasteiger partial charge on any atom is 0.103 e. The first kappa shape index (κ1) is 12.7. The van der Waals surface area contributed by atoms with Crippen LogP contribution in [-0.2, 0) is 11.3 Å². The quantitative estimate of drug-likeness (QED) is 0.904. The Bertz CT molecular complexity index is 457. The molecule has 3 rings (SSSR count). The van der Waals surface area contributed by atoms with Gasteiger partial charge in [0.1, 0.15) is 5.60 Å². The minimum absolute atomic E-state index is 0.671. The van der Waals surface area contributed by atoms with Crippen LogP contribution in [0.25, 0.3) is 0 Å². The van der Waals surface area contributed by atoms with Gasteiger partial charge in [0.15, 0.2) is 0 Å². The summed E-state index contributed by atoms with van der Waals surface area (Å²) >= 11 is 0. The third kappa shape index (κ3) is 2.82. The topological polar surface area (TPSA) is 32.7 Å². The molecule has 102 valence electrons. The Morgan fingerprint density at radius 2 is 2.11 bits per heavy atom. The van der Waals surface area contributed by atoms with Gasteiger partial charge in [0.25, 0.3) is 0 Å². The van der Waals surface area contributed by atoms with Crippen LogP contribution in [0, 0.1) is 0 Å². The normalized spacial score (nSPS) is 27.9. The van der Waals surface area contributed by atoms with Crippen LogP contribution < -0.4 is 0 Å². The van der Waals surface area contributed by atoms with E-state index in [4.69, 9.17) is 4.74 Å². The zero-order chi connectivity index (χ0) is 13.1. The molecule has 1 fully saturated rings. The maximum absolute atomic E-state index is 10.8. The third-order valence-corrected chi connectivity index (χ3v) is 4.11. The molecule has 0 radical (unpaired) electrons. The van der Waals surface area contributed by atoms with E-state index in [1.54, 1.807) is 6.26 Å². The monoisotopic (exact) mass is 259 g/mol. The fraction of sp³-hybridized carbons (Fsp3) is 0.500. The number of likely N-dealkylation sites (tertiary alicyclic amines) is 1. The first-order valence-electron chi connectivity index (χ1n) is 7.06. The van der Waals surface area contributed by atoms with Gasteiger partial charge in [-0.25, -0.2) is 0 Å². The summed E-state index contributed by atoms with van der Waals surface area (Å²) in [4.78, 5) is 2.32. The molecule has 0 bridgehead atoms. The van der Waals surface area contributed by atoms with Crippen molar-refractivity contribution in [2.45, 2.75) is 31.4 Å². The Morgan fingerprint density at radius 1 is 1.26 bits per heavy atom. The molecular formula is C16H21NO2. The van der Waals surface area contributed by atoms with Crippen molar-refractivity contribution in [3.05, 3.63) is 47.7 Å². The van der Waals surface area contributed by atoms with E-state index in [0.29, 0.717) is 0 Å². The maximum atomic E-state index is 10.8. The van der Waals surface area contributed by atoms with Gasteiger partial charge in [-0.1, -0.05) is 30.3 Å². The Morgan fingerprint density at radius 3 is 2.84 bits per heavy atom. The molecule has 1 N–H and O–H groups in total. The molecular weight excluding hydrogens is 238 g/mol. The van der Waals surface area contributed by atoms with Gasteiger partial charge < -0.3 is 9.84 Å². The molecule has 0 saturated carbocycles. The summed E-state index contributed by atoms with van der Waals surface area (Å²) in [6.45, 7) is 3.37. The van der Waals surface area contributed by atoms with Crippen LogP contribution in [0.4, 0.5) is 0 Å². The highest BCUT2D eigenvalue weighted by atomic mass is 16.5. The Hall–Kier alpha value is -1.32. The number of ether oxygens (including phenoxy) is 1. The predicted molar refractivity (Wildman–Crippen MR) is 74.6 cm³/mol. The van der Waals surface area contributed by atoms with Crippen LogP contribution in [0.2, 0.25) is 0 Å². The van der Waals surface area contributed by atoms with E-state index >= 15 is 0 Å². The molecule has 0 spiro atoms. The number of rotatable bonds is 3. The van der Waals surface area contributed by atoms with Crippen molar-refractivity contribution in [1.82, 2.24) is 4.90 Å². The van der Waals surface area contributed by atoms with Crippen molar-refractivity contribution in [3.8, 4) is 0 Å². The highest BCUT2D eigenvalue weighted by Crippen LogP contribution is 2.33. The van der Waals surface area contributed by atoms with E-state index in [-0.39, 0.29) is 0 Å². The minimum atomic E-state index is -0.671. The van der Waals surface area contributed by atoms with E-state index in [0.717, 1.165) is 51.1 Å². The molecule has 0 aliphatic carbocycles. The van der Waals surface area contributed by atoms with Gasteiger partial charge in [-0.05, 0) is 30.4 Å². The first-order chi connectivity index (χ1) is 9.26. The Kier molecular flexibility index (Phi) is 3.58. The van der Waals surface area contributed by atoms with Crippen LogP contribution in [0.1, 0.15) is 24.8 Å². The Balaban J connectivity index is 1.65. The molecule has 3 heteroatoms. The smallest absolute Gasteiger partial charge is 0.103 e. The van der Waals surface area contributed by atoms with E-state index in [1.165, 1.54) is 5.56 Å². The standard InChI is InChI=1S/C16H21NO2/c18-16(15-7-4-10-19-12-15)8-9-17(13-16)11-14-5-2-1-3-6-14/h1-3,5-6,12,18H,4,7-11,13H2. The van der Waals surface area contributed by atoms with Crippen molar-refractivity contribution >= 4 is 0 Å². The second-order valence-electron chi connectivity index (χ2n) is 5.60. The van der Waals surface area contributed by atoms with E-state index in [9.17, 15) is 5.11 Å². The van der Waals surface area contributed by atoms with Crippen LogP contribution in [0.15, 0.2) is 42.2 Å². The average Bonchev–Trinajstić information content (AvgIpc) is 2.84. The third-order valence-electron chi connectivity index (χ3n) is 4.11. The number of nitrogens with zero attached hydrogens (tertiary/aromatic N) is 1. The van der Waals surface area contributed by atoms with Crippen molar-refractivity contribution in [2.75, 3.05) is 19.7 Å². The number of hydrogen-bond donors (Lipinski definition) is 1. The highest BCUT2D eigenvalue weighted by Gasteiger charge is 2.39. The molecule has 0 amide bonds. The Labute approximate surface area is 114 Å². The molecule has 0 aromatic heterocycles. The summed E-state index contributed by atoms with van der Waals surface area (Å²) in [5.74, 6) is 0. The molecule has 1 aromatic carbocycles. The van der Waals surface area contributed by atoms with Gasteiger partial charge in [-0.3, -0.25) is 4.90 Å². The summed E-state index contributed by atoms with van der Waals surface area (Å²) in [6.07, 6.45) is 4.59. The number of hydrogen-bond acceptors (Lipinski definition) is 3. The van der Waals surface area contributed by atoms with Gasteiger partial charge in [0, 0.05) is 19.6 Å². The van der Waals surface area contributed by atoms with Crippen molar-refractivity contribution in [2.24, 2.45) is 0 Å². The summed E-state index contributed by atoms with van der Waals surface area (Å²) in [7, 11) is 0. The van der Waals surface area contributed by atoms with Crippen molar-refractivity contribution in [3.63, 3.8) is 0 Å². The molecule has 2 heterocycles. The molecule has 1 saturated heterocycles. The van der Waals surface area contributed by atoms with Crippen LogP contribution >= 0.6 is 0 Å². The number of benzene rings is 1. The van der Waals surface area contributed by atoms with Gasteiger partial charge >= 0.3 is 0 Å². The lowest BCUT2D eigenvalue weighted by atomic mass is 9.89. The minimum Gasteiger partial charge on any atom is -0.501 e. The summed E-state index contributed by atoms with van der Waals surface area (Å²) < 4.78 is 5.37. The second-order valence-corrected chi connectivity index (χ2v) is 5.60. The summed E-state index contributed by atoms with van der Waals surface area (Å²) in [5, 5.41) is 10.8. The SMILES string of the molecule is OC1(C2=COCCC2)CCN(Cc2ccccc2)C1. The first-order valence-corrected chi connectivity index (χ1v) is 7.06. The van der Waals surface area contributed by atoms with Gasteiger partial charge in [0.2, 0.25) is 0 Å². The molecule has 2 aliphatic heterocycles. The van der Waals surface area contributed by atoms with E-state index in [2.05, 4.69) is 29.2 Å². The summed E-state index contributed by atoms with van der Waals surface area (Å²) in [6, 6.07) is 10.4. The zero-order valence-electron chi connectivity index (χ0n) is 11.2. The number of β-amino-alcohol motifs (C(OH)–C–C–N with tert-alkyl or cyclic N) is 1. The molecule has 19 heavy (non-hydrogen) atoms. The summed E-state index contributed by atoms with van der Waals surface area (Å²) in [5.41, 5.74) is 1.71. The van der Waals surface area contributed by atoms with Crippen LogP contribution in [0.5, 0.6) is 0 Å². The highest BCUT2D eigenvalue weighted by molar-refractivity contribution is 5.21. The molecule has 2 aliphatic rings. The molecule has 3 nitrogen and oxygen atoms in total. The molecule has 1 unspecified atom stereocenters. The van der Waals surface area contributed by atoms with E-state index in [1.807, 2.05) is 6.07 Å². The zero-order valence-corrected chi connectivity index (χ0v) is 11.2. The van der Waals surface area contributed by atoms with Gasteiger partial charge in [0.05, 0.1) is 12.9 Å². The number of aliphatic hydroxyl groups is 1.